The standard InChI is InChI=1S/C9H14O/c10-7-9(4-5-9)6-8-2-1-3-8/h7-8H,1-6H2. The third kappa shape index (κ3) is 0.979. The summed E-state index contributed by atoms with van der Waals surface area (Å²) in [6.45, 7) is 0. The van der Waals surface area contributed by atoms with Crippen LogP contribution in [0.3, 0.4) is 0 Å². The molecule has 10 heavy (non-hydrogen) atoms. The second-order valence-corrected chi connectivity index (χ2v) is 3.98. The third-order valence-corrected chi connectivity index (χ3v) is 3.06. The second kappa shape index (κ2) is 2.08. The average molecular weight is 138 g/mol. The Morgan fingerprint density at radius 2 is 2.10 bits per heavy atom. The highest BCUT2D eigenvalue weighted by Crippen LogP contribution is 2.51. The molecule has 0 aromatic rings. The molecule has 0 N–H and O–H groups in total. The Bertz CT molecular complexity index is 143. The van der Waals surface area contributed by atoms with E-state index in [0.717, 1.165) is 5.92 Å². The van der Waals surface area contributed by atoms with Crippen LogP contribution in [0.4, 0.5) is 0 Å². The first kappa shape index (κ1) is 6.38. The van der Waals surface area contributed by atoms with Crippen molar-refractivity contribution in [2.24, 2.45) is 11.3 Å². The van der Waals surface area contributed by atoms with Crippen molar-refractivity contribution in [2.75, 3.05) is 0 Å². The summed E-state index contributed by atoms with van der Waals surface area (Å²) in [4.78, 5) is 10.6. The van der Waals surface area contributed by atoms with E-state index in [2.05, 4.69) is 0 Å². The second-order valence-electron chi connectivity index (χ2n) is 3.98. The van der Waals surface area contributed by atoms with Crippen molar-refractivity contribution in [1.82, 2.24) is 0 Å². The van der Waals surface area contributed by atoms with Crippen LogP contribution in [0.5, 0.6) is 0 Å². The molecule has 2 saturated carbocycles. The van der Waals surface area contributed by atoms with Crippen LogP contribution >= 0.6 is 0 Å². The number of aldehydes is 1. The van der Waals surface area contributed by atoms with Gasteiger partial charge in [-0.2, -0.15) is 0 Å². The van der Waals surface area contributed by atoms with Crippen molar-refractivity contribution in [2.45, 2.75) is 38.5 Å². The van der Waals surface area contributed by atoms with Crippen LogP contribution < -0.4 is 0 Å². The lowest BCUT2D eigenvalue weighted by atomic mass is 9.78. The molecule has 0 aromatic heterocycles. The van der Waals surface area contributed by atoms with Crippen LogP contribution in [-0.4, -0.2) is 6.29 Å². The predicted octanol–water partition coefficient (Wildman–Crippen LogP) is 2.16. The van der Waals surface area contributed by atoms with E-state index < -0.39 is 0 Å². The average Bonchev–Trinajstić information content (AvgIpc) is 2.60. The molecule has 0 spiro atoms. The lowest BCUT2D eigenvalue weighted by molar-refractivity contribution is -0.113. The quantitative estimate of drug-likeness (QED) is 0.546. The summed E-state index contributed by atoms with van der Waals surface area (Å²) in [6, 6.07) is 0. The fourth-order valence-electron chi connectivity index (χ4n) is 1.80. The van der Waals surface area contributed by atoms with E-state index in [1.54, 1.807) is 0 Å². The highest BCUT2D eigenvalue weighted by molar-refractivity contribution is 5.63. The van der Waals surface area contributed by atoms with Crippen LogP contribution in [0.1, 0.15) is 38.5 Å². The Labute approximate surface area is 61.8 Å². The van der Waals surface area contributed by atoms with Gasteiger partial charge in [-0.1, -0.05) is 19.3 Å². The highest BCUT2D eigenvalue weighted by Gasteiger charge is 2.44. The number of carbonyl (C=O) groups excluding carboxylic acids is 1. The Balaban J connectivity index is 1.82. The molecule has 2 rings (SSSR count). The monoisotopic (exact) mass is 138 g/mol. The van der Waals surface area contributed by atoms with E-state index in [-0.39, 0.29) is 5.41 Å². The van der Waals surface area contributed by atoms with Gasteiger partial charge in [0.15, 0.2) is 0 Å². The summed E-state index contributed by atoms with van der Waals surface area (Å²) < 4.78 is 0. The molecule has 1 nitrogen and oxygen atoms in total. The lowest BCUT2D eigenvalue weighted by Crippen LogP contribution is -2.17. The van der Waals surface area contributed by atoms with Gasteiger partial charge in [0.25, 0.3) is 0 Å². The maximum Gasteiger partial charge on any atom is 0.126 e. The third-order valence-electron chi connectivity index (χ3n) is 3.06. The van der Waals surface area contributed by atoms with Crippen LogP contribution in [0.2, 0.25) is 0 Å². The molecule has 0 unspecified atom stereocenters. The summed E-state index contributed by atoms with van der Waals surface area (Å²) in [7, 11) is 0. The minimum atomic E-state index is 0.186. The maximum absolute atomic E-state index is 10.6. The minimum Gasteiger partial charge on any atom is -0.303 e. The molecule has 2 fully saturated rings. The molecule has 0 amide bonds. The summed E-state index contributed by atoms with van der Waals surface area (Å²) >= 11 is 0. The van der Waals surface area contributed by atoms with E-state index in [4.69, 9.17) is 0 Å². The minimum absolute atomic E-state index is 0.186. The van der Waals surface area contributed by atoms with Crippen molar-refractivity contribution in [3.63, 3.8) is 0 Å². The van der Waals surface area contributed by atoms with Crippen molar-refractivity contribution < 1.29 is 4.79 Å². The first-order valence-corrected chi connectivity index (χ1v) is 4.31. The van der Waals surface area contributed by atoms with E-state index in [1.807, 2.05) is 0 Å². The lowest BCUT2D eigenvalue weighted by Gasteiger charge is -2.27. The first-order chi connectivity index (χ1) is 4.85. The van der Waals surface area contributed by atoms with Gasteiger partial charge in [0.05, 0.1) is 0 Å². The Morgan fingerprint density at radius 3 is 2.40 bits per heavy atom. The SMILES string of the molecule is O=CC1(CC2CCC2)CC1. The van der Waals surface area contributed by atoms with Gasteiger partial charge in [0, 0.05) is 5.41 Å². The zero-order valence-electron chi connectivity index (χ0n) is 6.31. The number of hydrogen-bond donors (Lipinski definition) is 0. The van der Waals surface area contributed by atoms with E-state index in [9.17, 15) is 4.79 Å². The molecular formula is C9H14O. The molecule has 0 atom stereocenters. The summed E-state index contributed by atoms with van der Waals surface area (Å²) in [5, 5.41) is 0. The molecule has 2 aliphatic carbocycles. The molecule has 0 aromatic carbocycles. The number of carbonyl (C=O) groups is 1. The molecular weight excluding hydrogens is 124 g/mol. The topological polar surface area (TPSA) is 17.1 Å². The van der Waals surface area contributed by atoms with Crippen LogP contribution in [0.15, 0.2) is 0 Å². The van der Waals surface area contributed by atoms with Gasteiger partial charge in [0.1, 0.15) is 6.29 Å². The molecule has 0 heterocycles. The van der Waals surface area contributed by atoms with Crippen LogP contribution in [0, 0.1) is 11.3 Å². The molecule has 1 heteroatoms. The molecule has 2 aliphatic rings. The molecule has 0 bridgehead atoms. The normalized spacial score (nSPS) is 29.2. The Kier molecular flexibility index (Phi) is 1.33. The fourth-order valence-corrected chi connectivity index (χ4v) is 1.80. The Morgan fingerprint density at radius 1 is 1.40 bits per heavy atom. The highest BCUT2D eigenvalue weighted by atomic mass is 16.1. The largest absolute Gasteiger partial charge is 0.303 e. The van der Waals surface area contributed by atoms with Gasteiger partial charge >= 0.3 is 0 Å². The van der Waals surface area contributed by atoms with Crippen molar-refractivity contribution in [3.05, 3.63) is 0 Å². The van der Waals surface area contributed by atoms with Crippen LogP contribution in [0.25, 0.3) is 0 Å². The van der Waals surface area contributed by atoms with Crippen molar-refractivity contribution in [3.8, 4) is 0 Å². The van der Waals surface area contributed by atoms with E-state index in [0.29, 0.717) is 0 Å². The zero-order valence-corrected chi connectivity index (χ0v) is 6.31. The van der Waals surface area contributed by atoms with Gasteiger partial charge in [-0.25, -0.2) is 0 Å². The van der Waals surface area contributed by atoms with Gasteiger partial charge in [-0.15, -0.1) is 0 Å². The fraction of sp³-hybridized carbons (Fsp3) is 0.889. The van der Waals surface area contributed by atoms with Gasteiger partial charge in [-0.3, -0.25) is 0 Å². The van der Waals surface area contributed by atoms with E-state index >= 15 is 0 Å². The first-order valence-electron chi connectivity index (χ1n) is 4.31. The predicted molar refractivity (Wildman–Crippen MR) is 39.7 cm³/mol. The van der Waals surface area contributed by atoms with Crippen molar-refractivity contribution >= 4 is 6.29 Å². The maximum atomic E-state index is 10.6. The van der Waals surface area contributed by atoms with E-state index in [1.165, 1.54) is 44.8 Å². The summed E-state index contributed by atoms with van der Waals surface area (Å²) in [6.07, 6.45) is 8.92. The number of rotatable bonds is 3. The summed E-state index contributed by atoms with van der Waals surface area (Å²) in [5.41, 5.74) is 0.186. The molecule has 0 aliphatic heterocycles. The summed E-state index contributed by atoms with van der Waals surface area (Å²) in [5.74, 6) is 0.910. The van der Waals surface area contributed by atoms with Gasteiger partial charge in [0.2, 0.25) is 0 Å². The molecule has 0 saturated heterocycles. The number of hydrogen-bond acceptors (Lipinski definition) is 1. The van der Waals surface area contributed by atoms with Crippen molar-refractivity contribution in [1.29, 1.82) is 0 Å². The van der Waals surface area contributed by atoms with Gasteiger partial charge in [-0.05, 0) is 25.2 Å². The smallest absolute Gasteiger partial charge is 0.126 e. The Hall–Kier alpha value is -0.330. The molecule has 0 radical (unpaired) electrons. The zero-order chi connectivity index (χ0) is 7.03. The van der Waals surface area contributed by atoms with Crippen LogP contribution in [-0.2, 0) is 4.79 Å². The molecule has 56 valence electrons. The van der Waals surface area contributed by atoms with Gasteiger partial charge < -0.3 is 4.79 Å².